The lowest BCUT2D eigenvalue weighted by atomic mass is 10.0. The Balaban J connectivity index is 1.45. The Hall–Kier alpha value is -3.71. The number of hydrogen-bond acceptors (Lipinski definition) is 5. The zero-order valence-corrected chi connectivity index (χ0v) is 20.1. The molecule has 174 valence electrons. The number of amides is 1. The summed E-state index contributed by atoms with van der Waals surface area (Å²) in [4.78, 5) is 22.6. The van der Waals surface area contributed by atoms with Gasteiger partial charge in [-0.1, -0.05) is 18.2 Å². The Labute approximate surface area is 199 Å². The van der Waals surface area contributed by atoms with Crippen molar-refractivity contribution < 1.29 is 4.79 Å². The molecule has 2 aromatic heterocycles. The third kappa shape index (κ3) is 4.15. The lowest BCUT2D eigenvalue weighted by molar-refractivity contribution is 0.102. The van der Waals surface area contributed by atoms with Crippen LogP contribution in [0.25, 0.3) is 22.2 Å². The number of hydrogen-bond donors (Lipinski definition) is 2. The molecule has 7 nitrogen and oxygen atoms in total. The van der Waals surface area contributed by atoms with E-state index in [0.29, 0.717) is 5.56 Å². The van der Waals surface area contributed by atoms with E-state index in [0.717, 1.165) is 76.5 Å². The van der Waals surface area contributed by atoms with Crippen LogP contribution in [-0.2, 0) is 0 Å². The van der Waals surface area contributed by atoms with Crippen LogP contribution in [0, 0.1) is 20.8 Å². The van der Waals surface area contributed by atoms with E-state index in [4.69, 9.17) is 4.98 Å². The first-order chi connectivity index (χ1) is 16.4. The van der Waals surface area contributed by atoms with Crippen molar-refractivity contribution in [3.05, 3.63) is 70.9 Å². The lowest BCUT2D eigenvalue weighted by Crippen LogP contribution is -2.44. The van der Waals surface area contributed by atoms with Crippen molar-refractivity contribution in [2.75, 3.05) is 43.4 Å². The van der Waals surface area contributed by atoms with Gasteiger partial charge in [0.15, 0.2) is 0 Å². The van der Waals surface area contributed by atoms with Crippen molar-refractivity contribution in [3.8, 4) is 11.3 Å². The van der Waals surface area contributed by atoms with Gasteiger partial charge in [0.25, 0.3) is 5.91 Å². The van der Waals surface area contributed by atoms with Crippen LogP contribution >= 0.6 is 0 Å². The number of aryl methyl sites for hydroxylation is 3. The van der Waals surface area contributed by atoms with Crippen molar-refractivity contribution in [2.24, 2.45) is 0 Å². The first kappa shape index (κ1) is 22.1. The minimum absolute atomic E-state index is 0.118. The first-order valence-electron chi connectivity index (χ1n) is 11.7. The molecule has 2 aromatic carbocycles. The van der Waals surface area contributed by atoms with Crippen LogP contribution in [0.15, 0.2) is 48.7 Å². The number of carbonyl (C=O) groups excluding carboxylic acids is 1. The minimum atomic E-state index is -0.118. The van der Waals surface area contributed by atoms with Gasteiger partial charge in [0.2, 0.25) is 0 Å². The van der Waals surface area contributed by atoms with Crippen LogP contribution in [0.5, 0.6) is 0 Å². The van der Waals surface area contributed by atoms with E-state index < -0.39 is 0 Å². The summed E-state index contributed by atoms with van der Waals surface area (Å²) in [6, 6.07) is 14.0. The van der Waals surface area contributed by atoms with E-state index in [-0.39, 0.29) is 5.91 Å². The third-order valence-corrected chi connectivity index (χ3v) is 6.72. The van der Waals surface area contributed by atoms with Crippen molar-refractivity contribution in [3.63, 3.8) is 0 Å². The summed E-state index contributed by atoms with van der Waals surface area (Å²) in [5.74, 6) is 0.869. The molecule has 0 spiro atoms. The summed E-state index contributed by atoms with van der Waals surface area (Å²) in [5.41, 5.74) is 7.12. The van der Waals surface area contributed by atoms with Gasteiger partial charge in [-0.2, -0.15) is 5.10 Å². The summed E-state index contributed by atoms with van der Waals surface area (Å²) in [6.07, 6.45) is 1.87. The lowest BCUT2D eigenvalue weighted by Gasteiger charge is -2.33. The number of pyridine rings is 1. The van der Waals surface area contributed by atoms with Gasteiger partial charge in [-0.15, -0.1) is 0 Å². The predicted octanol–water partition coefficient (Wildman–Crippen LogP) is 4.55. The molecule has 1 aliphatic heterocycles. The van der Waals surface area contributed by atoms with Gasteiger partial charge in [-0.05, 0) is 68.8 Å². The molecule has 0 radical (unpaired) electrons. The number of H-pyrrole nitrogens is 1. The molecule has 1 fully saturated rings. The fourth-order valence-corrected chi connectivity index (χ4v) is 4.58. The summed E-state index contributed by atoms with van der Waals surface area (Å²) in [5, 5.41) is 11.7. The van der Waals surface area contributed by atoms with Crippen molar-refractivity contribution in [1.29, 1.82) is 0 Å². The van der Waals surface area contributed by atoms with Gasteiger partial charge < -0.3 is 15.1 Å². The predicted molar refractivity (Wildman–Crippen MR) is 138 cm³/mol. The molecule has 1 saturated heterocycles. The van der Waals surface area contributed by atoms with E-state index in [1.54, 1.807) is 0 Å². The molecule has 0 aliphatic carbocycles. The second kappa shape index (κ2) is 8.91. The highest BCUT2D eigenvalue weighted by atomic mass is 16.1. The second-order valence-corrected chi connectivity index (χ2v) is 9.20. The zero-order valence-electron chi connectivity index (χ0n) is 20.1. The minimum Gasteiger partial charge on any atom is -0.354 e. The maximum atomic E-state index is 13.2. The molecule has 2 N–H and O–H groups in total. The quantitative estimate of drug-likeness (QED) is 0.473. The molecule has 7 heteroatoms. The van der Waals surface area contributed by atoms with Gasteiger partial charge >= 0.3 is 0 Å². The van der Waals surface area contributed by atoms with E-state index in [1.807, 2.05) is 57.3 Å². The smallest absolute Gasteiger partial charge is 0.255 e. The number of rotatable bonds is 4. The molecule has 4 aromatic rings. The number of aromatic amines is 1. The normalized spacial score (nSPS) is 14.5. The highest BCUT2D eigenvalue weighted by Gasteiger charge is 2.18. The Kier molecular flexibility index (Phi) is 5.79. The number of fused-ring (bicyclic) bond motifs is 1. The first-order valence-corrected chi connectivity index (χ1v) is 11.7. The van der Waals surface area contributed by atoms with E-state index in [1.165, 1.54) is 0 Å². The molecule has 0 atom stereocenters. The molecule has 5 rings (SSSR count). The Morgan fingerprint density at radius 1 is 0.971 bits per heavy atom. The summed E-state index contributed by atoms with van der Waals surface area (Å²) >= 11 is 0. The highest BCUT2D eigenvalue weighted by molar-refractivity contribution is 6.09. The maximum Gasteiger partial charge on any atom is 0.255 e. The second-order valence-electron chi connectivity index (χ2n) is 9.20. The van der Waals surface area contributed by atoms with Gasteiger partial charge in [0.05, 0.1) is 5.52 Å². The largest absolute Gasteiger partial charge is 0.354 e. The monoisotopic (exact) mass is 454 g/mol. The average molecular weight is 455 g/mol. The van der Waals surface area contributed by atoms with Crippen molar-refractivity contribution in [2.45, 2.75) is 20.8 Å². The molecule has 0 bridgehead atoms. The molecular weight excluding hydrogens is 424 g/mol. The number of nitrogens with one attached hydrogen (secondary N) is 2. The number of carbonyl (C=O) groups is 1. The fourth-order valence-electron chi connectivity index (χ4n) is 4.58. The Bertz CT molecular complexity index is 1330. The van der Waals surface area contributed by atoms with Crippen LogP contribution in [0.3, 0.4) is 0 Å². The van der Waals surface area contributed by atoms with Crippen LogP contribution in [0.4, 0.5) is 11.5 Å². The summed E-state index contributed by atoms with van der Waals surface area (Å²) in [7, 11) is 2.15. The number of para-hydroxylation sites is 1. The van der Waals surface area contributed by atoms with E-state index in [2.05, 4.69) is 44.5 Å². The molecule has 0 unspecified atom stereocenters. The number of piperazine rings is 1. The number of aromatic nitrogens is 3. The molecule has 34 heavy (non-hydrogen) atoms. The van der Waals surface area contributed by atoms with E-state index in [9.17, 15) is 4.79 Å². The van der Waals surface area contributed by atoms with Gasteiger partial charge in [0, 0.05) is 54.6 Å². The van der Waals surface area contributed by atoms with Gasteiger partial charge in [-0.25, -0.2) is 4.98 Å². The highest BCUT2D eigenvalue weighted by Crippen LogP contribution is 2.30. The van der Waals surface area contributed by atoms with Gasteiger partial charge in [-0.3, -0.25) is 9.89 Å². The Morgan fingerprint density at radius 3 is 2.38 bits per heavy atom. The van der Waals surface area contributed by atoms with E-state index >= 15 is 0 Å². The summed E-state index contributed by atoms with van der Waals surface area (Å²) in [6.45, 7) is 10.0. The fraction of sp³-hybridized carbons (Fsp3) is 0.296. The number of likely N-dealkylation sites (N-methyl/N-ethyl adjacent to an activating group) is 1. The molecule has 1 aliphatic rings. The summed E-state index contributed by atoms with van der Waals surface area (Å²) < 4.78 is 0. The molecule has 0 saturated carbocycles. The van der Waals surface area contributed by atoms with Crippen LogP contribution in [0.1, 0.15) is 27.0 Å². The number of benzene rings is 2. The molecular formula is C27H30N6O. The van der Waals surface area contributed by atoms with Crippen LogP contribution in [-0.4, -0.2) is 59.2 Å². The Morgan fingerprint density at radius 2 is 1.71 bits per heavy atom. The third-order valence-electron chi connectivity index (χ3n) is 6.72. The molecule has 1 amide bonds. The standard InChI is InChI=1S/C27H30N6O/c1-17-6-5-7-18(2)25(17)29-27(34)21-15-22-23(14-19(21)3)30-31-26(22)20-8-9-24(28-16-20)33-12-10-32(4)11-13-33/h5-9,14-16H,10-13H2,1-4H3,(H,29,34)(H,30,31). The maximum absolute atomic E-state index is 13.2. The SMILES string of the molecule is Cc1cc2[nH]nc(-c3ccc(N4CCN(C)CC4)nc3)c2cc1C(=O)Nc1c(C)cccc1C. The topological polar surface area (TPSA) is 77.2 Å². The molecule has 3 heterocycles. The van der Waals surface area contributed by atoms with Gasteiger partial charge in [0.1, 0.15) is 11.5 Å². The van der Waals surface area contributed by atoms with Crippen molar-refractivity contribution >= 4 is 28.3 Å². The average Bonchev–Trinajstić information content (AvgIpc) is 3.24. The number of anilines is 2. The van der Waals surface area contributed by atoms with Crippen LogP contribution < -0.4 is 10.2 Å². The van der Waals surface area contributed by atoms with Crippen molar-refractivity contribution in [1.82, 2.24) is 20.1 Å². The van der Waals surface area contributed by atoms with Crippen LogP contribution in [0.2, 0.25) is 0 Å². The zero-order chi connectivity index (χ0) is 23.8. The number of nitrogens with zero attached hydrogens (tertiary/aromatic N) is 4.